The van der Waals surface area contributed by atoms with Crippen molar-refractivity contribution in [1.82, 2.24) is 0 Å². The summed E-state index contributed by atoms with van der Waals surface area (Å²) < 4.78 is 4.74. The summed E-state index contributed by atoms with van der Waals surface area (Å²) in [4.78, 5) is 13.0. The molecule has 1 aromatic heterocycles. The Morgan fingerprint density at radius 2 is 2.16 bits per heavy atom. The second kappa shape index (κ2) is 8.32. The lowest BCUT2D eigenvalue weighted by Crippen LogP contribution is -2.02. The maximum atomic E-state index is 11.6. The Balaban J connectivity index is 2.69. The number of anilines is 2. The fourth-order valence-electron chi connectivity index (χ4n) is 1.75. The van der Waals surface area contributed by atoms with Crippen molar-refractivity contribution in [2.75, 3.05) is 31.0 Å². The van der Waals surface area contributed by atoms with Gasteiger partial charge in [-0.1, -0.05) is 26.2 Å². The predicted molar refractivity (Wildman–Crippen MR) is 84.5 cm³/mol. The number of hydrogen-bond acceptors (Lipinski definition) is 6. The van der Waals surface area contributed by atoms with Crippen LogP contribution < -0.4 is 11.1 Å². The number of ether oxygens (including phenoxy) is 1. The van der Waals surface area contributed by atoms with Gasteiger partial charge in [0.25, 0.3) is 0 Å². The third-order valence-electron chi connectivity index (χ3n) is 2.79. The lowest BCUT2D eigenvalue weighted by atomic mass is 10.2. The Labute approximate surface area is 123 Å². The summed E-state index contributed by atoms with van der Waals surface area (Å²) in [5, 5.41) is 4.35. The molecular formula is C13H22N2O2S2. The minimum atomic E-state index is -0.364. The van der Waals surface area contributed by atoms with E-state index in [2.05, 4.69) is 12.2 Å². The number of rotatable bonds is 8. The minimum Gasteiger partial charge on any atom is -0.465 e. The lowest BCUT2D eigenvalue weighted by molar-refractivity contribution is 0.0607. The fourth-order valence-corrected chi connectivity index (χ4v) is 3.72. The highest BCUT2D eigenvalue weighted by atomic mass is 32.2. The van der Waals surface area contributed by atoms with Crippen LogP contribution in [-0.4, -0.2) is 25.9 Å². The number of hydrogen-bond donors (Lipinski definition) is 2. The molecule has 0 spiro atoms. The van der Waals surface area contributed by atoms with Gasteiger partial charge in [-0.25, -0.2) is 4.79 Å². The summed E-state index contributed by atoms with van der Waals surface area (Å²) in [5.41, 5.74) is 6.52. The van der Waals surface area contributed by atoms with Gasteiger partial charge in [-0.3, -0.25) is 0 Å². The molecule has 1 aromatic rings. The third kappa shape index (κ3) is 4.31. The average molecular weight is 302 g/mol. The van der Waals surface area contributed by atoms with Crippen LogP contribution >= 0.6 is 23.1 Å². The molecule has 0 bridgehead atoms. The quantitative estimate of drug-likeness (QED) is 0.434. The first kappa shape index (κ1) is 16.2. The number of thioether (sulfide) groups is 1. The van der Waals surface area contributed by atoms with E-state index in [4.69, 9.17) is 10.5 Å². The molecule has 6 heteroatoms. The van der Waals surface area contributed by atoms with Crippen LogP contribution in [0.15, 0.2) is 4.90 Å². The summed E-state index contributed by atoms with van der Waals surface area (Å²) >= 11 is 2.93. The number of unbranched alkanes of at least 4 members (excludes halogenated alkanes) is 3. The first-order valence-electron chi connectivity index (χ1n) is 6.44. The first-order valence-corrected chi connectivity index (χ1v) is 8.48. The first-order chi connectivity index (χ1) is 9.15. The lowest BCUT2D eigenvalue weighted by Gasteiger charge is -2.05. The van der Waals surface area contributed by atoms with Crippen LogP contribution in [0, 0.1) is 0 Å². The van der Waals surface area contributed by atoms with Crippen LogP contribution in [0.1, 0.15) is 42.3 Å². The van der Waals surface area contributed by atoms with Crippen molar-refractivity contribution in [3.05, 3.63) is 4.88 Å². The molecular weight excluding hydrogens is 280 g/mol. The Bertz CT molecular complexity index is 419. The van der Waals surface area contributed by atoms with Gasteiger partial charge in [0.05, 0.1) is 17.7 Å². The standard InChI is InChI=1S/C13H22N2O2S2/c1-4-5-6-7-8-15-12-10(18-3)9(14)11(19-12)13(16)17-2/h15H,4-8,14H2,1-3H3. The SMILES string of the molecule is CCCCCCNc1sc(C(=O)OC)c(N)c1SC. The topological polar surface area (TPSA) is 64.3 Å². The molecule has 0 fully saturated rings. The Hall–Kier alpha value is -0.880. The highest BCUT2D eigenvalue weighted by molar-refractivity contribution is 7.99. The third-order valence-corrected chi connectivity index (χ3v) is 4.90. The number of methoxy groups -OCH3 is 1. The van der Waals surface area contributed by atoms with E-state index < -0.39 is 0 Å². The molecule has 1 rings (SSSR count). The van der Waals surface area contributed by atoms with E-state index >= 15 is 0 Å². The van der Waals surface area contributed by atoms with E-state index in [-0.39, 0.29) is 5.97 Å². The summed E-state index contributed by atoms with van der Waals surface area (Å²) in [6.45, 7) is 3.11. The van der Waals surface area contributed by atoms with E-state index in [1.165, 1.54) is 37.7 Å². The summed E-state index contributed by atoms with van der Waals surface area (Å²) in [6.07, 6.45) is 6.81. The van der Waals surface area contributed by atoms with E-state index in [0.717, 1.165) is 22.9 Å². The van der Waals surface area contributed by atoms with Crippen molar-refractivity contribution >= 4 is 39.8 Å². The molecule has 1 heterocycles. The van der Waals surface area contributed by atoms with E-state index in [1.807, 2.05) is 6.26 Å². The van der Waals surface area contributed by atoms with Crippen LogP contribution in [0.3, 0.4) is 0 Å². The van der Waals surface area contributed by atoms with Gasteiger partial charge in [0.15, 0.2) is 0 Å². The summed E-state index contributed by atoms with van der Waals surface area (Å²) in [7, 11) is 1.37. The van der Waals surface area contributed by atoms with Crippen LogP contribution in [0.25, 0.3) is 0 Å². The number of nitrogens with one attached hydrogen (secondary N) is 1. The van der Waals surface area contributed by atoms with Crippen LogP contribution in [0.2, 0.25) is 0 Å². The van der Waals surface area contributed by atoms with Crippen molar-refractivity contribution in [2.24, 2.45) is 0 Å². The fraction of sp³-hybridized carbons (Fsp3) is 0.615. The molecule has 19 heavy (non-hydrogen) atoms. The van der Waals surface area contributed by atoms with Crippen LogP contribution in [-0.2, 0) is 4.74 Å². The Kier molecular flexibility index (Phi) is 7.09. The molecule has 0 unspecified atom stereocenters. The normalized spacial score (nSPS) is 10.5. The van der Waals surface area contributed by atoms with Gasteiger partial charge in [-0.15, -0.1) is 23.1 Å². The van der Waals surface area contributed by atoms with Crippen molar-refractivity contribution in [2.45, 2.75) is 37.5 Å². The highest BCUT2D eigenvalue weighted by Crippen LogP contribution is 2.41. The largest absolute Gasteiger partial charge is 0.465 e. The molecule has 0 amide bonds. The number of thiophene rings is 1. The summed E-state index contributed by atoms with van der Waals surface area (Å²) in [5.74, 6) is -0.364. The van der Waals surface area contributed by atoms with Crippen LogP contribution in [0.5, 0.6) is 0 Å². The van der Waals surface area contributed by atoms with Crippen molar-refractivity contribution < 1.29 is 9.53 Å². The number of nitrogens with two attached hydrogens (primary N) is 1. The van der Waals surface area contributed by atoms with Gasteiger partial charge in [0.1, 0.15) is 9.88 Å². The molecule has 108 valence electrons. The minimum absolute atomic E-state index is 0.364. The molecule has 0 aliphatic heterocycles. The van der Waals surface area contributed by atoms with E-state index in [0.29, 0.717) is 10.6 Å². The zero-order chi connectivity index (χ0) is 14.3. The summed E-state index contributed by atoms with van der Waals surface area (Å²) in [6, 6.07) is 0. The smallest absolute Gasteiger partial charge is 0.350 e. The number of nitrogen functional groups attached to an aromatic ring is 1. The van der Waals surface area contributed by atoms with Gasteiger partial charge in [0.2, 0.25) is 0 Å². The van der Waals surface area contributed by atoms with Gasteiger partial charge >= 0.3 is 5.97 Å². The van der Waals surface area contributed by atoms with Gasteiger partial charge < -0.3 is 15.8 Å². The Morgan fingerprint density at radius 3 is 2.74 bits per heavy atom. The van der Waals surface area contributed by atoms with E-state index in [1.54, 1.807) is 11.8 Å². The molecule has 4 nitrogen and oxygen atoms in total. The second-order valence-corrected chi connectivity index (χ2v) is 6.02. The number of carbonyl (C=O) groups is 1. The molecule has 0 saturated carbocycles. The van der Waals surface area contributed by atoms with Crippen LogP contribution in [0.4, 0.5) is 10.7 Å². The zero-order valence-electron chi connectivity index (χ0n) is 11.7. The Morgan fingerprint density at radius 1 is 1.42 bits per heavy atom. The van der Waals surface area contributed by atoms with Crippen molar-refractivity contribution in [3.63, 3.8) is 0 Å². The van der Waals surface area contributed by atoms with Gasteiger partial charge in [-0.05, 0) is 12.7 Å². The van der Waals surface area contributed by atoms with Gasteiger partial charge in [-0.2, -0.15) is 0 Å². The average Bonchev–Trinajstić information content (AvgIpc) is 2.74. The maximum Gasteiger partial charge on any atom is 0.350 e. The van der Waals surface area contributed by atoms with Gasteiger partial charge in [0, 0.05) is 6.54 Å². The molecule has 0 saturated heterocycles. The molecule has 0 radical (unpaired) electrons. The molecule has 0 aliphatic carbocycles. The van der Waals surface area contributed by atoms with Crippen molar-refractivity contribution in [1.29, 1.82) is 0 Å². The predicted octanol–water partition coefficient (Wildman–Crippen LogP) is 3.83. The zero-order valence-corrected chi connectivity index (χ0v) is 13.4. The molecule has 0 aromatic carbocycles. The van der Waals surface area contributed by atoms with Crippen molar-refractivity contribution in [3.8, 4) is 0 Å². The second-order valence-electron chi connectivity index (χ2n) is 4.19. The monoisotopic (exact) mass is 302 g/mol. The molecule has 3 N–H and O–H groups in total. The van der Waals surface area contributed by atoms with E-state index in [9.17, 15) is 4.79 Å². The molecule has 0 aliphatic rings. The number of carbonyl (C=O) groups excluding carboxylic acids is 1. The number of esters is 1. The highest BCUT2D eigenvalue weighted by Gasteiger charge is 2.20. The maximum absolute atomic E-state index is 11.6. The molecule has 0 atom stereocenters.